The maximum absolute atomic E-state index is 16.0. The molecule has 20 heteroatoms. The molecule has 2 aromatic heterocycles. The van der Waals surface area contributed by atoms with Gasteiger partial charge in [0, 0.05) is 0 Å². The number of nitrogens with zero attached hydrogens (tertiary/aromatic N) is 4. The van der Waals surface area contributed by atoms with Crippen molar-refractivity contribution in [2.75, 3.05) is 13.2 Å². The fourth-order valence-electron chi connectivity index (χ4n) is 9.09. The molecule has 2 aliphatic rings. The Bertz CT molecular complexity index is 3700. The van der Waals surface area contributed by atoms with Crippen molar-refractivity contribution in [3.63, 3.8) is 0 Å². The van der Waals surface area contributed by atoms with Crippen LogP contribution in [-0.2, 0) is 37.9 Å². The van der Waals surface area contributed by atoms with E-state index in [1.165, 1.54) is 72.8 Å². The highest BCUT2D eigenvalue weighted by Gasteiger charge is 2.55. The van der Waals surface area contributed by atoms with Crippen LogP contribution < -0.4 is 11.2 Å². The number of rotatable bonds is 16. The molecule has 404 valence electrons. The lowest BCUT2D eigenvalue weighted by Crippen LogP contribution is -2.50. The van der Waals surface area contributed by atoms with Crippen LogP contribution in [0.5, 0.6) is 0 Å². The van der Waals surface area contributed by atoms with Gasteiger partial charge in [-0.1, -0.05) is 109 Å². The summed E-state index contributed by atoms with van der Waals surface area (Å²) in [6.45, 7) is 1.77. The smallest absolute Gasteiger partial charge is 0.338 e. The van der Waals surface area contributed by atoms with Crippen molar-refractivity contribution in [2.45, 2.75) is 62.9 Å². The van der Waals surface area contributed by atoms with Crippen LogP contribution in [0, 0.1) is 13.8 Å². The van der Waals surface area contributed by atoms with Crippen molar-refractivity contribution >= 4 is 47.0 Å². The third-order valence-electron chi connectivity index (χ3n) is 13.2. The molecular formula is C60H48N4O16. The Morgan fingerprint density at radius 3 is 1.02 bits per heavy atom. The fourth-order valence-corrected chi connectivity index (χ4v) is 9.09. The SMILES string of the molecule is Cc1nc2c(=O)n([C@@H]3O[C@H](COC(=O)c4ccccc4)[C@@H](OC(=O)c4ccccc4)[C@H]3OC(=O)c3ccccc3)c(=O)n([C@@H]3O[C@H](COC(=O)c4ccccc4)[C@@H](OC(=O)c4ccccc4)[C@H]3OC(=O)c3ccccc3)c2nc1C. The molecule has 6 aromatic carbocycles. The second-order valence-electron chi connectivity index (χ2n) is 18.4. The van der Waals surface area contributed by atoms with E-state index in [-0.39, 0.29) is 44.8 Å². The average molecular weight is 1080 g/mol. The summed E-state index contributed by atoms with van der Waals surface area (Å²) >= 11 is 0. The topological polar surface area (TPSA) is 246 Å². The maximum atomic E-state index is 16.0. The Morgan fingerprint density at radius 2 is 0.688 bits per heavy atom. The van der Waals surface area contributed by atoms with Gasteiger partial charge in [0.1, 0.15) is 25.4 Å². The van der Waals surface area contributed by atoms with Crippen molar-refractivity contribution in [3.05, 3.63) is 248 Å². The molecule has 0 radical (unpaired) electrons. The number of esters is 6. The molecule has 0 saturated carbocycles. The Labute approximate surface area is 455 Å². The van der Waals surface area contributed by atoms with Gasteiger partial charge >= 0.3 is 41.5 Å². The summed E-state index contributed by atoms with van der Waals surface area (Å²) in [6, 6.07) is 46.9. The van der Waals surface area contributed by atoms with Gasteiger partial charge in [-0.05, 0) is 86.6 Å². The van der Waals surface area contributed by atoms with E-state index < -0.39 is 121 Å². The van der Waals surface area contributed by atoms with Gasteiger partial charge in [0.25, 0.3) is 5.56 Å². The zero-order chi connectivity index (χ0) is 55.9. The van der Waals surface area contributed by atoms with Crippen LogP contribution in [0.25, 0.3) is 11.2 Å². The lowest BCUT2D eigenvalue weighted by Gasteiger charge is -2.27. The van der Waals surface area contributed by atoms with E-state index in [0.717, 1.165) is 4.57 Å². The van der Waals surface area contributed by atoms with E-state index in [4.69, 9.17) is 37.9 Å². The summed E-state index contributed by atoms with van der Waals surface area (Å²) in [4.78, 5) is 124. The summed E-state index contributed by atoms with van der Waals surface area (Å²) in [5.41, 5.74) is -2.46. The van der Waals surface area contributed by atoms with Crippen molar-refractivity contribution < 1.29 is 66.7 Å². The minimum atomic E-state index is -2.04. The van der Waals surface area contributed by atoms with Crippen LogP contribution in [-0.4, -0.2) is 105 Å². The number of carbonyl (C=O) groups excluding carboxylic acids is 6. The molecule has 2 fully saturated rings. The molecule has 2 saturated heterocycles. The molecule has 8 aromatic rings. The predicted octanol–water partition coefficient (Wildman–Crippen LogP) is 6.98. The van der Waals surface area contributed by atoms with Gasteiger partial charge in [0.2, 0.25) is 0 Å². The number of carbonyl (C=O) groups is 6. The molecule has 20 nitrogen and oxygen atoms in total. The number of hydrogen-bond donors (Lipinski definition) is 0. The highest BCUT2D eigenvalue weighted by Crippen LogP contribution is 2.38. The second kappa shape index (κ2) is 23.8. The van der Waals surface area contributed by atoms with E-state index >= 15 is 9.59 Å². The van der Waals surface area contributed by atoms with Crippen LogP contribution >= 0.6 is 0 Å². The van der Waals surface area contributed by atoms with E-state index in [2.05, 4.69) is 9.97 Å². The minimum Gasteiger partial charge on any atom is -0.459 e. The standard InChI is InChI=1S/C60H48N4O16/c1-35-36(2)62-50-45(61-35)51(65)64(53-49(80-59(71)42-31-19-8-20-32-42)47(78-57(69)40-27-15-6-16-28-40)44(76-53)34-74-55(67)38-23-11-4-12-24-38)60(72)63(50)52-48(79-58(70)41-29-17-7-18-30-41)46(77-56(68)39-25-13-5-14-26-39)43(75-52)33-73-54(66)37-21-9-3-10-22-37/h3-32,43-44,46-49,52-53H,33-34H2,1-2H3/t43-,44-,46-,47-,48-,49-,52-,53-/m1/s1. The second-order valence-corrected chi connectivity index (χ2v) is 18.4. The highest BCUT2D eigenvalue weighted by molar-refractivity contribution is 5.92. The van der Waals surface area contributed by atoms with Crippen LogP contribution in [0.15, 0.2) is 192 Å². The monoisotopic (exact) mass is 1080 g/mol. The first-order valence-corrected chi connectivity index (χ1v) is 25.2. The highest BCUT2D eigenvalue weighted by atomic mass is 16.7. The third kappa shape index (κ3) is 11.4. The number of fused-ring (bicyclic) bond motifs is 1. The molecule has 0 aliphatic carbocycles. The van der Waals surface area contributed by atoms with Gasteiger partial charge in [-0.3, -0.25) is 4.79 Å². The van der Waals surface area contributed by atoms with Crippen molar-refractivity contribution in [1.82, 2.24) is 19.1 Å². The van der Waals surface area contributed by atoms with Crippen LogP contribution in [0.1, 0.15) is 86.0 Å². The van der Waals surface area contributed by atoms with Crippen LogP contribution in [0.4, 0.5) is 0 Å². The van der Waals surface area contributed by atoms with Crippen LogP contribution in [0.3, 0.4) is 0 Å². The first-order chi connectivity index (χ1) is 38.8. The van der Waals surface area contributed by atoms with Crippen LogP contribution in [0.2, 0.25) is 0 Å². The first-order valence-electron chi connectivity index (χ1n) is 25.2. The van der Waals surface area contributed by atoms with Crippen molar-refractivity contribution in [2.24, 2.45) is 0 Å². The molecule has 4 heterocycles. The van der Waals surface area contributed by atoms with Gasteiger partial charge in [-0.15, -0.1) is 0 Å². The molecule has 10 rings (SSSR count). The summed E-state index contributed by atoms with van der Waals surface area (Å²) < 4.78 is 50.7. The molecule has 0 amide bonds. The zero-order valence-corrected chi connectivity index (χ0v) is 42.7. The number of aromatic nitrogens is 4. The summed E-state index contributed by atoms with van der Waals surface area (Å²) in [7, 11) is 0. The fraction of sp³-hybridized carbons (Fsp3) is 0.200. The number of benzene rings is 6. The summed E-state index contributed by atoms with van der Waals surface area (Å²) in [5.74, 6) is -5.48. The van der Waals surface area contributed by atoms with Gasteiger partial charge in [-0.2, -0.15) is 0 Å². The van der Waals surface area contributed by atoms with Gasteiger partial charge in [0.05, 0.1) is 44.8 Å². The Hall–Kier alpha value is -9.92. The quantitative estimate of drug-likeness (QED) is 0.0699. The molecule has 0 unspecified atom stereocenters. The number of aryl methyl sites for hydroxylation is 2. The molecular weight excluding hydrogens is 1030 g/mol. The van der Waals surface area contributed by atoms with E-state index in [0.29, 0.717) is 4.57 Å². The van der Waals surface area contributed by atoms with Gasteiger partial charge in [0.15, 0.2) is 48.0 Å². The summed E-state index contributed by atoms with van der Waals surface area (Å²) in [5, 5.41) is 0. The van der Waals surface area contributed by atoms with E-state index in [1.54, 1.807) is 123 Å². The molecule has 0 bridgehead atoms. The van der Waals surface area contributed by atoms with Crippen molar-refractivity contribution in [3.8, 4) is 0 Å². The average Bonchev–Trinajstić information content (AvgIpc) is 4.17. The van der Waals surface area contributed by atoms with Crippen molar-refractivity contribution in [1.29, 1.82) is 0 Å². The predicted molar refractivity (Wildman–Crippen MR) is 281 cm³/mol. The molecule has 0 N–H and O–H groups in total. The minimum absolute atomic E-state index is 0.0103. The number of hydrogen-bond acceptors (Lipinski definition) is 18. The third-order valence-corrected chi connectivity index (χ3v) is 13.2. The Balaban J connectivity index is 1.15. The molecule has 8 atom stereocenters. The maximum Gasteiger partial charge on any atom is 0.338 e. The molecule has 2 aliphatic heterocycles. The molecule has 0 spiro atoms. The normalized spacial score (nSPS) is 20.3. The Morgan fingerprint density at radius 1 is 0.400 bits per heavy atom. The van der Waals surface area contributed by atoms with Gasteiger partial charge in [-0.25, -0.2) is 52.7 Å². The van der Waals surface area contributed by atoms with Gasteiger partial charge < -0.3 is 37.9 Å². The first kappa shape index (κ1) is 53.5. The summed E-state index contributed by atoms with van der Waals surface area (Å²) in [6.07, 6.45) is -14.2. The lowest BCUT2D eigenvalue weighted by atomic mass is 10.1. The Kier molecular flexibility index (Phi) is 15.9. The van der Waals surface area contributed by atoms with E-state index in [9.17, 15) is 28.8 Å². The largest absolute Gasteiger partial charge is 0.459 e. The number of ether oxygens (including phenoxy) is 8. The lowest BCUT2D eigenvalue weighted by molar-refractivity contribution is -0.0744. The van der Waals surface area contributed by atoms with E-state index in [1.807, 2.05) is 0 Å². The molecule has 80 heavy (non-hydrogen) atoms. The zero-order valence-electron chi connectivity index (χ0n) is 42.7.